The normalized spacial score (nSPS) is 18.4. The number of nitrogens with two attached hydrogens (primary N) is 1. The number of nitrogens with zero attached hydrogens (tertiary/aromatic N) is 3. The number of nitrogen functional groups attached to an aromatic ring is 1. The van der Waals surface area contributed by atoms with Gasteiger partial charge in [0.15, 0.2) is 5.13 Å². The number of amides is 1. The average molecular weight is 284 g/mol. The van der Waals surface area contributed by atoms with Crippen LogP contribution in [0, 0.1) is 0 Å². The van der Waals surface area contributed by atoms with Crippen molar-refractivity contribution in [3.63, 3.8) is 0 Å². The fourth-order valence-corrected chi connectivity index (χ4v) is 2.87. The van der Waals surface area contributed by atoms with Crippen molar-refractivity contribution in [1.29, 1.82) is 0 Å². The number of ether oxygens (including phenoxy) is 1. The zero-order valence-electron chi connectivity index (χ0n) is 11.8. The smallest absolute Gasteiger partial charge is 0.268 e. The first kappa shape index (κ1) is 14.1. The van der Waals surface area contributed by atoms with Gasteiger partial charge in [0.25, 0.3) is 5.91 Å². The molecule has 7 heteroatoms. The van der Waals surface area contributed by atoms with Crippen LogP contribution in [-0.4, -0.2) is 55.2 Å². The van der Waals surface area contributed by atoms with Crippen molar-refractivity contribution < 1.29 is 9.53 Å². The number of morpholine rings is 1. The van der Waals surface area contributed by atoms with Gasteiger partial charge in [0, 0.05) is 27.2 Å². The Kier molecular flexibility index (Phi) is 3.69. The molecule has 0 aromatic carbocycles. The summed E-state index contributed by atoms with van der Waals surface area (Å²) in [6.45, 7) is 5.68. The second kappa shape index (κ2) is 4.97. The van der Waals surface area contributed by atoms with Crippen LogP contribution in [0.1, 0.15) is 23.5 Å². The lowest BCUT2D eigenvalue weighted by atomic mass is 10.1. The molecule has 2 rings (SSSR count). The van der Waals surface area contributed by atoms with E-state index in [-0.39, 0.29) is 11.5 Å². The van der Waals surface area contributed by atoms with E-state index in [1.807, 2.05) is 32.8 Å². The van der Waals surface area contributed by atoms with Crippen LogP contribution in [0.5, 0.6) is 0 Å². The highest BCUT2D eigenvalue weighted by Gasteiger charge is 2.32. The Morgan fingerprint density at radius 1 is 1.53 bits per heavy atom. The Balaban J connectivity index is 2.19. The molecule has 0 aliphatic carbocycles. The second-order valence-electron chi connectivity index (χ2n) is 5.44. The van der Waals surface area contributed by atoms with E-state index in [0.717, 1.165) is 5.13 Å². The number of thiazole rings is 1. The van der Waals surface area contributed by atoms with Crippen molar-refractivity contribution in [3.8, 4) is 0 Å². The molecule has 0 bridgehead atoms. The van der Waals surface area contributed by atoms with E-state index < -0.39 is 0 Å². The maximum Gasteiger partial charge on any atom is 0.268 e. The van der Waals surface area contributed by atoms with Crippen molar-refractivity contribution in [2.45, 2.75) is 19.4 Å². The summed E-state index contributed by atoms with van der Waals surface area (Å²) in [5.74, 6) is 0.252. The van der Waals surface area contributed by atoms with Gasteiger partial charge in [-0.2, -0.15) is 0 Å². The molecule has 0 atom stereocenters. The van der Waals surface area contributed by atoms with Gasteiger partial charge in [-0.05, 0) is 13.8 Å². The molecule has 2 heterocycles. The van der Waals surface area contributed by atoms with Crippen LogP contribution in [0.15, 0.2) is 0 Å². The van der Waals surface area contributed by atoms with Crippen LogP contribution in [0.3, 0.4) is 0 Å². The number of anilines is 2. The van der Waals surface area contributed by atoms with E-state index in [2.05, 4.69) is 4.98 Å². The quantitative estimate of drug-likeness (QED) is 0.878. The molecule has 1 aromatic heterocycles. The van der Waals surface area contributed by atoms with Crippen molar-refractivity contribution >= 4 is 28.2 Å². The fourth-order valence-electron chi connectivity index (χ4n) is 2.00. The lowest BCUT2D eigenvalue weighted by molar-refractivity contribution is -0.0762. The fraction of sp³-hybridized carbons (Fsp3) is 0.667. The summed E-state index contributed by atoms with van der Waals surface area (Å²) < 4.78 is 5.61. The van der Waals surface area contributed by atoms with E-state index in [9.17, 15) is 4.79 Å². The summed E-state index contributed by atoms with van der Waals surface area (Å²) >= 11 is 1.33. The summed E-state index contributed by atoms with van der Waals surface area (Å²) in [5.41, 5.74) is 5.54. The molecule has 0 radical (unpaired) electrons. The van der Waals surface area contributed by atoms with Gasteiger partial charge in [-0.1, -0.05) is 11.3 Å². The number of hydrogen-bond acceptors (Lipinski definition) is 6. The Morgan fingerprint density at radius 2 is 2.21 bits per heavy atom. The first-order valence-corrected chi connectivity index (χ1v) is 6.99. The predicted octanol–water partition coefficient (Wildman–Crippen LogP) is 1.04. The van der Waals surface area contributed by atoms with Gasteiger partial charge in [-0.25, -0.2) is 4.98 Å². The van der Waals surface area contributed by atoms with Gasteiger partial charge < -0.3 is 20.3 Å². The molecule has 0 saturated carbocycles. The van der Waals surface area contributed by atoms with Crippen molar-refractivity contribution in [2.75, 3.05) is 44.4 Å². The summed E-state index contributed by atoms with van der Waals surface area (Å²) in [4.78, 5) is 20.8. The predicted molar refractivity (Wildman–Crippen MR) is 76.8 cm³/mol. The highest BCUT2D eigenvalue weighted by molar-refractivity contribution is 7.18. The summed E-state index contributed by atoms with van der Waals surface area (Å²) in [5, 5.41) is 0.744. The topological polar surface area (TPSA) is 71.7 Å². The van der Waals surface area contributed by atoms with Gasteiger partial charge >= 0.3 is 0 Å². The third kappa shape index (κ3) is 2.98. The van der Waals surface area contributed by atoms with Crippen LogP contribution in [0.2, 0.25) is 0 Å². The van der Waals surface area contributed by atoms with E-state index in [1.54, 1.807) is 4.90 Å². The van der Waals surface area contributed by atoms with Gasteiger partial charge in [0.05, 0.1) is 12.2 Å². The largest absolute Gasteiger partial charge is 0.382 e. The first-order valence-electron chi connectivity index (χ1n) is 6.17. The minimum absolute atomic E-state index is 0.0560. The Labute approximate surface area is 117 Å². The number of hydrogen-bond donors (Lipinski definition) is 1. The highest BCUT2D eigenvalue weighted by atomic mass is 32.1. The minimum atomic E-state index is -0.308. The standard InChI is InChI=1S/C12H20N4O2S/c1-12(2)7-16(5-6-18-12)10(17)8-9(13)14-11(19-8)15(3)4/h5-7,13H2,1-4H3. The Morgan fingerprint density at radius 3 is 2.74 bits per heavy atom. The molecule has 1 aliphatic rings. The van der Waals surface area contributed by atoms with Crippen LogP contribution in [0.25, 0.3) is 0 Å². The maximum atomic E-state index is 12.5. The Hall–Kier alpha value is -1.34. The summed E-state index contributed by atoms with van der Waals surface area (Å²) in [6.07, 6.45) is 0. The van der Waals surface area contributed by atoms with Gasteiger partial charge in [0.1, 0.15) is 10.7 Å². The zero-order chi connectivity index (χ0) is 14.2. The molecule has 1 aliphatic heterocycles. The van der Waals surface area contributed by atoms with Gasteiger partial charge in [-0.3, -0.25) is 4.79 Å². The molecule has 19 heavy (non-hydrogen) atoms. The van der Waals surface area contributed by atoms with Crippen molar-refractivity contribution in [1.82, 2.24) is 9.88 Å². The van der Waals surface area contributed by atoms with Crippen molar-refractivity contribution in [3.05, 3.63) is 4.88 Å². The molecule has 1 aromatic rings. The molecular weight excluding hydrogens is 264 g/mol. The minimum Gasteiger partial charge on any atom is -0.382 e. The summed E-state index contributed by atoms with van der Waals surface area (Å²) in [7, 11) is 3.76. The van der Waals surface area contributed by atoms with E-state index in [0.29, 0.717) is 30.4 Å². The molecule has 1 saturated heterocycles. The highest BCUT2D eigenvalue weighted by Crippen LogP contribution is 2.29. The van der Waals surface area contributed by atoms with E-state index >= 15 is 0 Å². The SMILES string of the molecule is CN(C)c1nc(N)c(C(=O)N2CCOC(C)(C)C2)s1. The molecular formula is C12H20N4O2S. The first-order chi connectivity index (χ1) is 8.80. The molecule has 106 valence electrons. The Bertz CT molecular complexity index is 484. The molecule has 0 unspecified atom stereocenters. The molecule has 6 nitrogen and oxygen atoms in total. The lowest BCUT2D eigenvalue weighted by Crippen LogP contribution is -2.50. The number of carbonyl (C=O) groups excluding carboxylic acids is 1. The number of rotatable bonds is 2. The van der Waals surface area contributed by atoms with Crippen LogP contribution >= 0.6 is 11.3 Å². The monoisotopic (exact) mass is 284 g/mol. The van der Waals surface area contributed by atoms with Gasteiger partial charge in [-0.15, -0.1) is 0 Å². The van der Waals surface area contributed by atoms with Gasteiger partial charge in [0.2, 0.25) is 0 Å². The van der Waals surface area contributed by atoms with Crippen LogP contribution in [0.4, 0.5) is 10.9 Å². The summed E-state index contributed by atoms with van der Waals surface area (Å²) in [6, 6.07) is 0. The lowest BCUT2D eigenvalue weighted by Gasteiger charge is -2.37. The van der Waals surface area contributed by atoms with Crippen LogP contribution < -0.4 is 10.6 Å². The third-order valence-corrected chi connectivity index (χ3v) is 4.16. The van der Waals surface area contributed by atoms with Crippen molar-refractivity contribution in [2.24, 2.45) is 0 Å². The molecule has 2 N–H and O–H groups in total. The van der Waals surface area contributed by atoms with E-state index in [4.69, 9.17) is 10.5 Å². The molecule has 0 spiro atoms. The molecule has 1 amide bonds. The maximum absolute atomic E-state index is 12.5. The average Bonchev–Trinajstić information content (AvgIpc) is 2.69. The third-order valence-electron chi connectivity index (χ3n) is 2.93. The van der Waals surface area contributed by atoms with Crippen LogP contribution in [-0.2, 0) is 4.74 Å². The zero-order valence-corrected chi connectivity index (χ0v) is 12.6. The van der Waals surface area contributed by atoms with E-state index in [1.165, 1.54) is 11.3 Å². The molecule has 1 fully saturated rings. The number of carbonyl (C=O) groups is 1. The number of aromatic nitrogens is 1. The second-order valence-corrected chi connectivity index (χ2v) is 6.42.